The summed E-state index contributed by atoms with van der Waals surface area (Å²) in [6.07, 6.45) is 0.742. The van der Waals surface area contributed by atoms with Gasteiger partial charge < -0.3 is 9.52 Å². The second kappa shape index (κ2) is 3.87. The van der Waals surface area contributed by atoms with Gasteiger partial charge in [0.15, 0.2) is 0 Å². The summed E-state index contributed by atoms with van der Waals surface area (Å²) >= 11 is 0. The lowest BCUT2D eigenvalue weighted by Gasteiger charge is -2.07. The van der Waals surface area contributed by atoms with Crippen molar-refractivity contribution in [3.05, 3.63) is 59.3 Å². The Morgan fingerprint density at radius 1 is 1.20 bits per heavy atom. The van der Waals surface area contributed by atoms with Crippen LogP contribution in [0.5, 0.6) is 0 Å². The molecule has 1 aromatic heterocycles. The monoisotopic (exact) mass is 206 g/mol. The maximum atomic E-state index is 12.7. The van der Waals surface area contributed by atoms with Gasteiger partial charge in [0, 0.05) is 5.56 Å². The Labute approximate surface area is 87.0 Å². The van der Waals surface area contributed by atoms with E-state index < -0.39 is 6.10 Å². The first-order valence-corrected chi connectivity index (χ1v) is 4.65. The molecule has 1 heterocycles. The lowest BCUT2D eigenvalue weighted by atomic mass is 10.0. The minimum Gasteiger partial charge on any atom is -0.469 e. The molecule has 1 unspecified atom stereocenters. The van der Waals surface area contributed by atoms with Crippen molar-refractivity contribution in [2.45, 2.75) is 13.0 Å². The van der Waals surface area contributed by atoms with E-state index in [4.69, 9.17) is 4.42 Å². The fraction of sp³-hybridized carbons (Fsp3) is 0.167. The van der Waals surface area contributed by atoms with Gasteiger partial charge in [-0.15, -0.1) is 0 Å². The predicted octanol–water partition coefficient (Wildman–Crippen LogP) is 2.81. The molecule has 0 spiro atoms. The van der Waals surface area contributed by atoms with Crippen LogP contribution in [-0.2, 0) is 0 Å². The first-order chi connectivity index (χ1) is 7.16. The Kier molecular flexibility index (Phi) is 2.56. The molecule has 1 atom stereocenters. The molecule has 0 aliphatic heterocycles. The van der Waals surface area contributed by atoms with Crippen molar-refractivity contribution < 1.29 is 13.9 Å². The number of aliphatic hydroxyl groups is 1. The first-order valence-electron chi connectivity index (χ1n) is 4.65. The lowest BCUT2D eigenvalue weighted by Crippen LogP contribution is -1.97. The van der Waals surface area contributed by atoms with Crippen LogP contribution < -0.4 is 0 Å². The van der Waals surface area contributed by atoms with Crippen molar-refractivity contribution in [3.63, 3.8) is 0 Å². The molecule has 15 heavy (non-hydrogen) atoms. The van der Waals surface area contributed by atoms with Crippen LogP contribution >= 0.6 is 0 Å². The van der Waals surface area contributed by atoms with E-state index >= 15 is 0 Å². The maximum absolute atomic E-state index is 12.7. The van der Waals surface area contributed by atoms with E-state index in [1.165, 1.54) is 18.4 Å². The summed E-state index contributed by atoms with van der Waals surface area (Å²) in [5.74, 6) is 0.431. The van der Waals surface area contributed by atoms with Gasteiger partial charge in [-0.05, 0) is 30.7 Å². The molecule has 2 aromatic rings. The first kappa shape index (κ1) is 9.93. The van der Waals surface area contributed by atoms with Crippen LogP contribution in [0.4, 0.5) is 4.39 Å². The smallest absolute Gasteiger partial charge is 0.123 e. The second-order valence-electron chi connectivity index (χ2n) is 3.44. The summed E-state index contributed by atoms with van der Waals surface area (Å²) in [4.78, 5) is 0. The van der Waals surface area contributed by atoms with E-state index in [1.54, 1.807) is 25.1 Å². The second-order valence-corrected chi connectivity index (χ2v) is 3.44. The Morgan fingerprint density at radius 3 is 2.40 bits per heavy atom. The standard InChI is InChI=1S/C12H11FO2/c1-8-6-10(7-15-8)12(14)9-2-4-11(13)5-3-9/h2-7,12,14H,1H3. The third-order valence-electron chi connectivity index (χ3n) is 2.25. The Balaban J connectivity index is 2.28. The van der Waals surface area contributed by atoms with E-state index in [1.807, 2.05) is 0 Å². The molecule has 0 bridgehead atoms. The molecule has 0 saturated heterocycles. The van der Waals surface area contributed by atoms with Gasteiger partial charge in [-0.2, -0.15) is 0 Å². The minimum absolute atomic E-state index is 0.311. The summed E-state index contributed by atoms with van der Waals surface area (Å²) < 4.78 is 17.8. The number of aliphatic hydroxyl groups excluding tert-OH is 1. The summed E-state index contributed by atoms with van der Waals surface area (Å²) in [6.45, 7) is 1.81. The third kappa shape index (κ3) is 2.07. The molecular weight excluding hydrogens is 195 g/mol. The minimum atomic E-state index is -0.761. The van der Waals surface area contributed by atoms with E-state index in [-0.39, 0.29) is 5.82 Å². The van der Waals surface area contributed by atoms with E-state index in [9.17, 15) is 9.50 Å². The van der Waals surface area contributed by atoms with Crippen molar-refractivity contribution in [3.8, 4) is 0 Å². The van der Waals surface area contributed by atoms with Crippen LogP contribution in [0, 0.1) is 12.7 Å². The highest BCUT2D eigenvalue weighted by molar-refractivity contribution is 5.28. The molecule has 0 radical (unpaired) electrons. The van der Waals surface area contributed by atoms with E-state index in [2.05, 4.69) is 0 Å². The average molecular weight is 206 g/mol. The van der Waals surface area contributed by atoms with Gasteiger partial charge in [0.05, 0.1) is 6.26 Å². The van der Waals surface area contributed by atoms with Crippen molar-refractivity contribution in [2.75, 3.05) is 0 Å². The molecule has 0 amide bonds. The molecule has 78 valence electrons. The van der Waals surface area contributed by atoms with Crippen LogP contribution in [0.1, 0.15) is 23.0 Å². The highest BCUT2D eigenvalue weighted by Crippen LogP contribution is 2.23. The fourth-order valence-electron chi connectivity index (χ4n) is 1.44. The van der Waals surface area contributed by atoms with Gasteiger partial charge >= 0.3 is 0 Å². The fourth-order valence-corrected chi connectivity index (χ4v) is 1.44. The highest BCUT2D eigenvalue weighted by Gasteiger charge is 2.12. The maximum Gasteiger partial charge on any atom is 0.123 e. The normalized spacial score (nSPS) is 12.7. The Morgan fingerprint density at radius 2 is 1.87 bits per heavy atom. The molecule has 1 aromatic carbocycles. The van der Waals surface area contributed by atoms with Gasteiger partial charge in [-0.1, -0.05) is 12.1 Å². The Hall–Kier alpha value is -1.61. The molecule has 1 N–H and O–H groups in total. The van der Waals surface area contributed by atoms with Crippen molar-refractivity contribution in [2.24, 2.45) is 0 Å². The summed E-state index contributed by atoms with van der Waals surface area (Å²) in [6, 6.07) is 7.52. The van der Waals surface area contributed by atoms with Gasteiger partial charge in [-0.25, -0.2) is 4.39 Å². The topological polar surface area (TPSA) is 33.4 Å². The predicted molar refractivity (Wildman–Crippen MR) is 53.9 cm³/mol. The zero-order valence-electron chi connectivity index (χ0n) is 8.27. The molecule has 3 heteroatoms. The molecule has 0 aliphatic carbocycles. The largest absolute Gasteiger partial charge is 0.469 e. The van der Waals surface area contributed by atoms with E-state index in [0.29, 0.717) is 11.1 Å². The number of halogens is 1. The van der Waals surface area contributed by atoms with Crippen LogP contribution in [0.3, 0.4) is 0 Å². The zero-order valence-corrected chi connectivity index (χ0v) is 8.27. The van der Waals surface area contributed by atoms with Gasteiger partial charge in [0.25, 0.3) is 0 Å². The summed E-state index contributed by atoms with van der Waals surface area (Å²) in [5.41, 5.74) is 1.33. The van der Waals surface area contributed by atoms with Crippen molar-refractivity contribution >= 4 is 0 Å². The molecule has 2 rings (SSSR count). The van der Waals surface area contributed by atoms with Gasteiger partial charge in [0.1, 0.15) is 17.7 Å². The van der Waals surface area contributed by atoms with Gasteiger partial charge in [0.2, 0.25) is 0 Å². The van der Waals surface area contributed by atoms with Crippen LogP contribution in [-0.4, -0.2) is 5.11 Å². The van der Waals surface area contributed by atoms with Crippen molar-refractivity contribution in [1.82, 2.24) is 0 Å². The highest BCUT2D eigenvalue weighted by atomic mass is 19.1. The average Bonchev–Trinajstić information content (AvgIpc) is 2.65. The Bertz CT molecular complexity index is 445. The van der Waals surface area contributed by atoms with Crippen molar-refractivity contribution in [1.29, 1.82) is 0 Å². The zero-order chi connectivity index (χ0) is 10.8. The number of rotatable bonds is 2. The number of hydrogen-bond donors (Lipinski definition) is 1. The van der Waals surface area contributed by atoms with E-state index in [0.717, 1.165) is 5.76 Å². The molecular formula is C12H11FO2. The molecule has 0 saturated carbocycles. The number of hydrogen-bond acceptors (Lipinski definition) is 2. The van der Waals surface area contributed by atoms with Crippen LogP contribution in [0.15, 0.2) is 41.0 Å². The third-order valence-corrected chi connectivity index (χ3v) is 2.25. The van der Waals surface area contributed by atoms with Crippen LogP contribution in [0.2, 0.25) is 0 Å². The summed E-state index contributed by atoms with van der Waals surface area (Å²) in [7, 11) is 0. The SMILES string of the molecule is Cc1cc(C(O)c2ccc(F)cc2)co1. The van der Waals surface area contributed by atoms with Gasteiger partial charge in [-0.3, -0.25) is 0 Å². The molecule has 0 aliphatic rings. The summed E-state index contributed by atoms with van der Waals surface area (Å²) in [5, 5.41) is 9.91. The van der Waals surface area contributed by atoms with Crippen LogP contribution in [0.25, 0.3) is 0 Å². The number of furan rings is 1. The number of aryl methyl sites for hydroxylation is 1. The lowest BCUT2D eigenvalue weighted by molar-refractivity contribution is 0.219. The molecule has 2 nitrogen and oxygen atoms in total. The molecule has 0 fully saturated rings. The number of benzene rings is 1. The quantitative estimate of drug-likeness (QED) is 0.819.